The van der Waals surface area contributed by atoms with Crippen molar-refractivity contribution in [3.05, 3.63) is 0 Å². The molecule has 0 aromatic carbocycles. The zero-order valence-corrected chi connectivity index (χ0v) is 11.6. The minimum absolute atomic E-state index is 0.224. The summed E-state index contributed by atoms with van der Waals surface area (Å²) in [4.78, 5) is 2.04. The number of nitrogens with two attached hydrogens (primary N) is 7. The summed E-state index contributed by atoms with van der Waals surface area (Å²) >= 11 is 0. The van der Waals surface area contributed by atoms with E-state index in [4.69, 9.17) is 40.1 Å². The van der Waals surface area contributed by atoms with Crippen molar-refractivity contribution in [2.45, 2.75) is 36.5 Å². The lowest BCUT2D eigenvalue weighted by Gasteiger charge is -2.53. The van der Waals surface area contributed by atoms with Gasteiger partial charge in [-0.3, -0.25) is 4.90 Å². The third-order valence-corrected chi connectivity index (χ3v) is 3.54. The normalized spacial score (nSPS) is 28.4. The quantitative estimate of drug-likeness (QED) is 0.227. The number of nitrogens with one attached hydrogen (secondary N) is 1. The van der Waals surface area contributed by atoms with E-state index < -0.39 is 17.1 Å². The van der Waals surface area contributed by atoms with Gasteiger partial charge in [-0.1, -0.05) is 0 Å². The third-order valence-electron chi connectivity index (χ3n) is 3.54. The minimum Gasteiger partial charge on any atom is -0.326 e. The molecule has 1 aliphatic heterocycles. The highest BCUT2D eigenvalue weighted by atomic mass is 15.3. The largest absolute Gasteiger partial charge is 0.326 e. The molecule has 19 heavy (non-hydrogen) atoms. The molecule has 0 bridgehead atoms. The van der Waals surface area contributed by atoms with Gasteiger partial charge in [0.2, 0.25) is 0 Å². The monoisotopic (exact) mass is 275 g/mol. The van der Waals surface area contributed by atoms with E-state index in [0.29, 0.717) is 19.5 Å². The van der Waals surface area contributed by atoms with Gasteiger partial charge in [-0.25, -0.2) is 0 Å². The zero-order valence-electron chi connectivity index (χ0n) is 11.6. The van der Waals surface area contributed by atoms with E-state index in [9.17, 15) is 0 Å². The average molecular weight is 275 g/mol. The Morgan fingerprint density at radius 1 is 1.16 bits per heavy atom. The van der Waals surface area contributed by atoms with Crippen molar-refractivity contribution >= 4 is 0 Å². The summed E-state index contributed by atoms with van der Waals surface area (Å²) in [5.41, 5.74) is 40.1. The predicted molar refractivity (Wildman–Crippen MR) is 76.0 cm³/mol. The first kappa shape index (κ1) is 16.7. The van der Waals surface area contributed by atoms with Crippen LogP contribution in [-0.2, 0) is 0 Å². The highest BCUT2D eigenvalue weighted by molar-refractivity contribution is 5.06. The highest BCUT2D eigenvalue weighted by Crippen LogP contribution is 2.27. The van der Waals surface area contributed by atoms with Crippen LogP contribution in [-0.4, -0.2) is 54.2 Å². The second-order valence-corrected chi connectivity index (χ2v) is 5.89. The van der Waals surface area contributed by atoms with Gasteiger partial charge in [-0.05, 0) is 6.92 Å². The fourth-order valence-corrected chi connectivity index (χ4v) is 2.73. The fourth-order valence-electron chi connectivity index (χ4n) is 2.73. The molecular formula is C10H29N9. The van der Waals surface area contributed by atoms with Crippen molar-refractivity contribution in [1.82, 2.24) is 10.2 Å². The molecule has 114 valence electrons. The molecule has 0 amide bonds. The first-order valence-electron chi connectivity index (χ1n) is 6.41. The molecule has 0 aromatic rings. The van der Waals surface area contributed by atoms with Gasteiger partial charge in [0, 0.05) is 38.6 Å². The number of rotatable bonds is 5. The average Bonchev–Trinajstić information content (AvgIpc) is 2.16. The number of nitrogens with zero attached hydrogens (tertiary/aromatic N) is 1. The Kier molecular flexibility index (Phi) is 4.88. The van der Waals surface area contributed by atoms with Crippen LogP contribution in [0.15, 0.2) is 0 Å². The van der Waals surface area contributed by atoms with Crippen molar-refractivity contribution in [3.63, 3.8) is 0 Å². The Hall–Kier alpha value is -0.360. The summed E-state index contributed by atoms with van der Waals surface area (Å²) < 4.78 is 0. The first-order chi connectivity index (χ1) is 8.46. The summed E-state index contributed by atoms with van der Waals surface area (Å²) in [6.07, 6.45) is 0.306. The van der Waals surface area contributed by atoms with E-state index in [1.165, 1.54) is 0 Å². The third kappa shape index (κ3) is 4.60. The van der Waals surface area contributed by atoms with Crippen LogP contribution in [0.1, 0.15) is 13.3 Å². The summed E-state index contributed by atoms with van der Waals surface area (Å²) in [6, 6.07) is -0.224. The molecule has 0 aromatic heterocycles. The molecule has 0 spiro atoms. The van der Waals surface area contributed by atoms with Crippen molar-refractivity contribution in [2.24, 2.45) is 40.1 Å². The predicted octanol–water partition coefficient (Wildman–Crippen LogP) is -4.57. The molecular weight excluding hydrogens is 246 g/mol. The van der Waals surface area contributed by atoms with Crippen molar-refractivity contribution in [1.29, 1.82) is 0 Å². The van der Waals surface area contributed by atoms with Crippen LogP contribution in [0.4, 0.5) is 0 Å². The van der Waals surface area contributed by atoms with E-state index >= 15 is 0 Å². The molecule has 2 unspecified atom stereocenters. The molecule has 15 N–H and O–H groups in total. The Morgan fingerprint density at radius 3 is 2.16 bits per heavy atom. The van der Waals surface area contributed by atoms with Crippen molar-refractivity contribution in [3.8, 4) is 0 Å². The molecule has 1 saturated heterocycles. The Bertz CT molecular complexity index is 292. The van der Waals surface area contributed by atoms with Gasteiger partial charge in [0.1, 0.15) is 11.6 Å². The molecule has 0 aliphatic carbocycles. The summed E-state index contributed by atoms with van der Waals surface area (Å²) in [6.45, 7) is 4.26. The molecule has 1 rings (SSSR count). The van der Waals surface area contributed by atoms with Crippen LogP contribution in [0.25, 0.3) is 0 Å². The van der Waals surface area contributed by atoms with Gasteiger partial charge >= 0.3 is 0 Å². The molecule has 0 radical (unpaired) electrons. The van der Waals surface area contributed by atoms with Gasteiger partial charge in [-0.15, -0.1) is 0 Å². The number of hydrogen-bond donors (Lipinski definition) is 8. The highest BCUT2D eigenvalue weighted by Gasteiger charge is 2.46. The topological polar surface area (TPSA) is 197 Å². The van der Waals surface area contributed by atoms with E-state index in [1.54, 1.807) is 0 Å². The van der Waals surface area contributed by atoms with Crippen LogP contribution in [0.3, 0.4) is 0 Å². The molecule has 9 heteroatoms. The van der Waals surface area contributed by atoms with Gasteiger partial charge < -0.3 is 45.5 Å². The fraction of sp³-hybridized carbons (Fsp3) is 1.00. The maximum absolute atomic E-state index is 6.15. The Morgan fingerprint density at radius 2 is 1.74 bits per heavy atom. The van der Waals surface area contributed by atoms with Crippen molar-refractivity contribution < 1.29 is 0 Å². The van der Waals surface area contributed by atoms with Gasteiger partial charge in [0.25, 0.3) is 0 Å². The molecule has 1 heterocycles. The molecule has 1 fully saturated rings. The molecule has 0 saturated carbocycles. The lowest BCUT2D eigenvalue weighted by atomic mass is 9.81. The SMILES string of the molecule is CC(N)C1(CC(N)(N)N)CNCCN1CC(N)(N)N. The second kappa shape index (κ2) is 5.56. The summed E-state index contributed by atoms with van der Waals surface area (Å²) in [7, 11) is 0. The van der Waals surface area contributed by atoms with E-state index in [-0.39, 0.29) is 12.6 Å². The minimum atomic E-state index is -1.33. The lowest BCUT2D eigenvalue weighted by molar-refractivity contribution is 0.00202. The van der Waals surface area contributed by atoms with Crippen LogP contribution in [0.2, 0.25) is 0 Å². The molecule has 2 atom stereocenters. The second-order valence-electron chi connectivity index (χ2n) is 5.89. The molecule has 1 aliphatic rings. The van der Waals surface area contributed by atoms with E-state index in [0.717, 1.165) is 6.54 Å². The number of piperazine rings is 1. The number of hydrogen-bond acceptors (Lipinski definition) is 9. The van der Waals surface area contributed by atoms with E-state index in [1.807, 2.05) is 11.8 Å². The lowest BCUT2D eigenvalue weighted by Crippen LogP contribution is -2.77. The Labute approximate surface area is 114 Å². The summed E-state index contributed by atoms with van der Waals surface area (Å²) in [5, 5.41) is 3.28. The molecule has 9 nitrogen and oxygen atoms in total. The van der Waals surface area contributed by atoms with Gasteiger partial charge in [0.15, 0.2) is 0 Å². The van der Waals surface area contributed by atoms with Gasteiger partial charge in [0.05, 0.1) is 5.54 Å². The van der Waals surface area contributed by atoms with Gasteiger partial charge in [-0.2, -0.15) is 0 Å². The van der Waals surface area contributed by atoms with Crippen LogP contribution in [0.5, 0.6) is 0 Å². The van der Waals surface area contributed by atoms with Crippen LogP contribution < -0.4 is 45.5 Å². The van der Waals surface area contributed by atoms with Crippen molar-refractivity contribution in [2.75, 3.05) is 26.2 Å². The zero-order chi connectivity index (χ0) is 14.9. The van der Waals surface area contributed by atoms with E-state index in [2.05, 4.69) is 5.32 Å². The van der Waals surface area contributed by atoms with Crippen LogP contribution >= 0.6 is 0 Å². The standard InChI is InChI=1S/C10H29N9/c1-7(11)8(4-9(12,13)14)5-18-2-3-19(8)6-10(15,16)17/h7,18H,2-6,11-17H2,1H3. The smallest absolute Gasteiger partial charge is 0.129 e. The van der Waals surface area contributed by atoms with Crippen LogP contribution in [0, 0.1) is 0 Å². The summed E-state index contributed by atoms with van der Waals surface area (Å²) in [5.74, 6) is -2.64. The Balaban J connectivity index is 3.01. The maximum Gasteiger partial charge on any atom is 0.129 e. The maximum atomic E-state index is 6.15. The first-order valence-corrected chi connectivity index (χ1v) is 6.41.